The maximum absolute atomic E-state index is 12.9. The van der Waals surface area contributed by atoms with E-state index in [1.54, 1.807) is 42.5 Å². The summed E-state index contributed by atoms with van der Waals surface area (Å²) in [5.74, 6) is 0.361. The number of nitrogens with zero attached hydrogens (tertiary/aromatic N) is 1. The Morgan fingerprint density at radius 1 is 1.10 bits per heavy atom. The van der Waals surface area contributed by atoms with E-state index in [0.29, 0.717) is 40.7 Å². The molecule has 1 heterocycles. The molecule has 29 heavy (non-hydrogen) atoms. The summed E-state index contributed by atoms with van der Waals surface area (Å²) in [6.45, 7) is 0. The minimum absolute atomic E-state index is 0.204. The van der Waals surface area contributed by atoms with Gasteiger partial charge in [0.25, 0.3) is 0 Å². The summed E-state index contributed by atoms with van der Waals surface area (Å²) in [6, 6.07) is 15.5. The number of benzene rings is 2. The van der Waals surface area contributed by atoms with Gasteiger partial charge in [-0.2, -0.15) is 0 Å². The highest BCUT2D eigenvalue weighted by Crippen LogP contribution is 2.49. The Morgan fingerprint density at radius 3 is 2.45 bits per heavy atom. The summed E-state index contributed by atoms with van der Waals surface area (Å²) in [5.41, 5.74) is 1.53. The molecular formula is C20H18ClN3O4S. The van der Waals surface area contributed by atoms with Gasteiger partial charge in [0.2, 0.25) is 15.9 Å². The van der Waals surface area contributed by atoms with Crippen LogP contribution in [0.3, 0.4) is 0 Å². The summed E-state index contributed by atoms with van der Waals surface area (Å²) >= 11 is 5.92. The number of carbonyl (C=O) groups excluding carboxylic acids is 1. The first-order chi connectivity index (χ1) is 13.7. The number of amides is 1. The number of sulfonamides is 1. The van der Waals surface area contributed by atoms with Gasteiger partial charge in [-0.15, -0.1) is 0 Å². The maximum Gasteiger partial charge on any atom is 0.236 e. The smallest absolute Gasteiger partial charge is 0.236 e. The van der Waals surface area contributed by atoms with Gasteiger partial charge in [0.1, 0.15) is 0 Å². The Balaban J connectivity index is 1.52. The lowest BCUT2D eigenvalue weighted by Gasteiger charge is -2.13. The lowest BCUT2D eigenvalue weighted by Crippen LogP contribution is -2.28. The predicted molar refractivity (Wildman–Crippen MR) is 111 cm³/mol. The molecule has 0 radical (unpaired) electrons. The van der Waals surface area contributed by atoms with Crippen LogP contribution in [0.15, 0.2) is 59.1 Å². The molecule has 150 valence electrons. The minimum Gasteiger partial charge on any atom is -0.356 e. The third-order valence-corrected chi connectivity index (χ3v) is 5.60. The molecule has 1 saturated carbocycles. The van der Waals surface area contributed by atoms with Gasteiger partial charge in [0.15, 0.2) is 5.76 Å². The van der Waals surface area contributed by atoms with Crippen molar-refractivity contribution in [1.82, 2.24) is 5.16 Å². The molecule has 1 amide bonds. The van der Waals surface area contributed by atoms with Gasteiger partial charge in [0.05, 0.1) is 23.1 Å². The fraction of sp³-hybridized carbons (Fsp3) is 0.200. The summed E-state index contributed by atoms with van der Waals surface area (Å²) in [5, 5.41) is 7.59. The van der Waals surface area contributed by atoms with Crippen molar-refractivity contribution in [2.75, 3.05) is 16.3 Å². The normalized spacial score (nSPS) is 15.0. The monoisotopic (exact) mass is 431 g/mol. The minimum atomic E-state index is -3.40. The Bertz CT molecular complexity index is 1170. The van der Waals surface area contributed by atoms with Gasteiger partial charge in [-0.25, -0.2) is 8.42 Å². The van der Waals surface area contributed by atoms with Crippen LogP contribution in [0, 0.1) is 0 Å². The van der Waals surface area contributed by atoms with Crippen LogP contribution >= 0.6 is 11.6 Å². The Hall–Kier alpha value is -2.84. The highest BCUT2D eigenvalue weighted by atomic mass is 35.5. The highest BCUT2D eigenvalue weighted by molar-refractivity contribution is 7.92. The molecule has 0 bridgehead atoms. The standard InChI is InChI=1S/C20H18ClN3O4S/c1-29(26,27)24-16-4-2-3-15(11-16)22-19(25)20(9-10-20)18-12-17(28-23-18)13-5-7-14(21)8-6-13/h2-8,11-12,24H,9-10H2,1H3,(H,22,25). The molecule has 1 fully saturated rings. The van der Waals surface area contributed by atoms with Gasteiger partial charge in [0, 0.05) is 22.3 Å². The van der Waals surface area contributed by atoms with Crippen molar-refractivity contribution in [3.05, 3.63) is 65.3 Å². The average molecular weight is 432 g/mol. The molecule has 7 nitrogen and oxygen atoms in total. The highest BCUT2D eigenvalue weighted by Gasteiger charge is 2.53. The van der Waals surface area contributed by atoms with E-state index < -0.39 is 15.4 Å². The van der Waals surface area contributed by atoms with E-state index >= 15 is 0 Å². The van der Waals surface area contributed by atoms with E-state index in [-0.39, 0.29) is 5.91 Å². The summed E-state index contributed by atoms with van der Waals surface area (Å²) in [7, 11) is -3.40. The van der Waals surface area contributed by atoms with Gasteiger partial charge in [-0.3, -0.25) is 9.52 Å². The Labute approximate surface area is 173 Å². The zero-order valence-corrected chi connectivity index (χ0v) is 17.0. The summed E-state index contributed by atoms with van der Waals surface area (Å²) < 4.78 is 30.6. The molecule has 2 aromatic carbocycles. The number of hydrogen-bond donors (Lipinski definition) is 2. The van der Waals surface area contributed by atoms with Gasteiger partial charge >= 0.3 is 0 Å². The van der Waals surface area contributed by atoms with Gasteiger partial charge in [-0.1, -0.05) is 22.8 Å². The van der Waals surface area contributed by atoms with Gasteiger partial charge < -0.3 is 9.84 Å². The van der Waals surface area contributed by atoms with Crippen LogP contribution in [0.1, 0.15) is 18.5 Å². The molecule has 1 aliphatic rings. The van der Waals surface area contributed by atoms with Crippen LogP contribution < -0.4 is 10.0 Å². The number of halogens is 1. The van der Waals surface area contributed by atoms with Crippen molar-refractivity contribution in [2.24, 2.45) is 0 Å². The molecule has 0 unspecified atom stereocenters. The molecule has 0 saturated heterocycles. The first kappa shape index (κ1) is 19.5. The summed E-state index contributed by atoms with van der Waals surface area (Å²) in [4.78, 5) is 12.9. The predicted octanol–water partition coefficient (Wildman–Crippen LogP) is 4.04. The van der Waals surface area contributed by atoms with Crippen LogP contribution in [0.4, 0.5) is 11.4 Å². The number of aromatic nitrogens is 1. The average Bonchev–Trinajstić information content (AvgIpc) is 3.32. The zero-order chi connectivity index (χ0) is 20.6. The van der Waals surface area contributed by atoms with Crippen molar-refractivity contribution < 1.29 is 17.7 Å². The molecule has 0 spiro atoms. The number of rotatable bonds is 6. The maximum atomic E-state index is 12.9. The molecule has 2 N–H and O–H groups in total. The molecule has 0 atom stereocenters. The fourth-order valence-electron chi connectivity index (χ4n) is 3.10. The number of carbonyl (C=O) groups is 1. The zero-order valence-electron chi connectivity index (χ0n) is 15.5. The van der Waals surface area contributed by atoms with Gasteiger partial charge in [-0.05, 0) is 55.3 Å². The second-order valence-electron chi connectivity index (χ2n) is 7.07. The van der Waals surface area contributed by atoms with Crippen molar-refractivity contribution in [1.29, 1.82) is 0 Å². The molecule has 1 aliphatic carbocycles. The Morgan fingerprint density at radius 2 is 1.79 bits per heavy atom. The van der Waals surface area contributed by atoms with Crippen LogP contribution in [-0.4, -0.2) is 25.7 Å². The number of hydrogen-bond acceptors (Lipinski definition) is 5. The van der Waals surface area contributed by atoms with Crippen LogP contribution in [0.2, 0.25) is 5.02 Å². The van der Waals surface area contributed by atoms with E-state index in [2.05, 4.69) is 15.2 Å². The third-order valence-electron chi connectivity index (χ3n) is 4.74. The number of nitrogens with one attached hydrogen (secondary N) is 2. The first-order valence-electron chi connectivity index (χ1n) is 8.88. The van der Waals surface area contributed by atoms with Crippen molar-refractivity contribution in [2.45, 2.75) is 18.3 Å². The third kappa shape index (κ3) is 4.28. The molecular weight excluding hydrogens is 414 g/mol. The van der Waals surface area contributed by atoms with Crippen LogP contribution in [0.5, 0.6) is 0 Å². The Kier molecular flexibility index (Phi) is 4.84. The number of anilines is 2. The van der Waals surface area contributed by atoms with E-state index in [4.69, 9.17) is 16.1 Å². The van der Waals surface area contributed by atoms with Crippen molar-refractivity contribution in [3.8, 4) is 11.3 Å². The molecule has 3 aromatic rings. The van der Waals surface area contributed by atoms with E-state index in [1.807, 2.05) is 12.1 Å². The molecule has 9 heteroatoms. The topological polar surface area (TPSA) is 101 Å². The van der Waals surface area contributed by atoms with E-state index in [0.717, 1.165) is 11.8 Å². The van der Waals surface area contributed by atoms with E-state index in [1.165, 1.54) is 0 Å². The fourth-order valence-corrected chi connectivity index (χ4v) is 3.78. The lowest BCUT2D eigenvalue weighted by atomic mass is 10.00. The second-order valence-corrected chi connectivity index (χ2v) is 9.26. The molecule has 1 aromatic heterocycles. The quantitative estimate of drug-likeness (QED) is 0.613. The SMILES string of the molecule is CS(=O)(=O)Nc1cccc(NC(=O)C2(c3cc(-c4ccc(Cl)cc4)on3)CC2)c1. The van der Waals surface area contributed by atoms with E-state index in [9.17, 15) is 13.2 Å². The van der Waals surface area contributed by atoms with Crippen LogP contribution in [-0.2, 0) is 20.2 Å². The second kappa shape index (κ2) is 7.20. The summed E-state index contributed by atoms with van der Waals surface area (Å²) in [6.07, 6.45) is 2.39. The lowest BCUT2D eigenvalue weighted by molar-refractivity contribution is -0.118. The largest absolute Gasteiger partial charge is 0.356 e. The molecule has 0 aliphatic heterocycles. The van der Waals surface area contributed by atoms with Crippen molar-refractivity contribution in [3.63, 3.8) is 0 Å². The van der Waals surface area contributed by atoms with Crippen molar-refractivity contribution >= 4 is 38.9 Å². The first-order valence-corrected chi connectivity index (χ1v) is 11.1. The van der Waals surface area contributed by atoms with Crippen LogP contribution in [0.25, 0.3) is 11.3 Å². The molecule has 4 rings (SSSR count).